The second-order valence-electron chi connectivity index (χ2n) is 12.3. The Hall–Kier alpha value is -2.85. The molecule has 5 rings (SSSR count). The van der Waals surface area contributed by atoms with Crippen molar-refractivity contribution in [2.45, 2.75) is 37.5 Å². The van der Waals surface area contributed by atoms with E-state index < -0.39 is 46.9 Å². The predicted octanol–water partition coefficient (Wildman–Crippen LogP) is -3.50. The van der Waals surface area contributed by atoms with Crippen molar-refractivity contribution in [3.63, 3.8) is 0 Å². The first-order valence-corrected chi connectivity index (χ1v) is 17.9. The molecule has 20 heteroatoms. The Bertz CT molecular complexity index is 2200. The number of amides is 1. The van der Waals surface area contributed by atoms with Crippen LogP contribution in [0.4, 0.5) is 17.1 Å². The molecule has 2 heterocycles. The van der Waals surface area contributed by atoms with Crippen molar-refractivity contribution in [2.75, 3.05) is 36.5 Å². The Balaban J connectivity index is 0.00000364. The summed E-state index contributed by atoms with van der Waals surface area (Å²) >= 11 is 0. The van der Waals surface area contributed by atoms with Gasteiger partial charge in [-0.2, -0.15) is 5.10 Å². The molecule has 1 amide bonds. The van der Waals surface area contributed by atoms with Crippen LogP contribution < -0.4 is 69.3 Å². The molecule has 4 aromatic rings. The molecule has 0 saturated carbocycles. The number of aliphatic hydroxyl groups is 2. The SMILES string of the molecule is Cc1cc(N(CCO)CCO)ccc1N=C1C(C(C)(C)C)=Nn2nc(-c3ccc(NC(=O)c4cc(S(=O)(=O)[O-])cc(S(=O)(=O)[O-])c4)cc3)nc21.[Na+].[Na+]. The summed E-state index contributed by atoms with van der Waals surface area (Å²) in [6, 6.07) is 13.6. The van der Waals surface area contributed by atoms with Gasteiger partial charge in [0, 0.05) is 41.0 Å². The van der Waals surface area contributed by atoms with Gasteiger partial charge in [0.15, 0.2) is 5.82 Å². The molecule has 0 spiro atoms. The third-order valence-corrected chi connectivity index (χ3v) is 9.20. The first-order chi connectivity index (χ1) is 23.4. The number of benzene rings is 3. The summed E-state index contributed by atoms with van der Waals surface area (Å²) in [5.41, 5.74) is 3.39. The van der Waals surface area contributed by atoms with Crippen molar-refractivity contribution in [1.29, 1.82) is 0 Å². The quantitative estimate of drug-likeness (QED) is 0.0995. The average Bonchev–Trinajstić information content (AvgIpc) is 3.60. The molecule has 1 aliphatic heterocycles. The van der Waals surface area contributed by atoms with Crippen LogP contribution in [-0.2, 0) is 20.2 Å². The Kier molecular flexibility index (Phi) is 14.3. The summed E-state index contributed by atoms with van der Waals surface area (Å²) in [5, 5.41) is 30.6. The van der Waals surface area contributed by atoms with Gasteiger partial charge in [-0.3, -0.25) is 4.79 Å². The zero-order valence-electron chi connectivity index (χ0n) is 29.4. The smallest absolute Gasteiger partial charge is 0.744 e. The molecule has 0 unspecified atom stereocenters. The molecule has 3 N–H and O–H groups in total. The number of aryl methyl sites for hydroxylation is 1. The standard InChI is InChI=1S/C32H35N7O9S2.2Na/c1-19-15-23(38(11-13-40)12-14-41)9-10-26(19)34-27-28(32(2,3)4)36-39-30(27)35-29(37-39)20-5-7-22(8-6-20)33-31(42)21-16-24(49(43,44)45)18-25(17-21)50(46,47)48;;/h5-10,15-18,40-41H,11-14H2,1-4H3,(H,33,42)(H,43,44,45)(H,46,47,48);;/q;2*+1/p-2. The third-order valence-electron chi connectivity index (χ3n) is 7.57. The van der Waals surface area contributed by atoms with Gasteiger partial charge in [0.05, 0.1) is 34.4 Å². The Labute approximate surface area is 345 Å². The van der Waals surface area contributed by atoms with Gasteiger partial charge in [-0.15, -0.1) is 9.89 Å². The number of aliphatic hydroxyl groups excluding tert-OH is 2. The van der Waals surface area contributed by atoms with Gasteiger partial charge in [-0.1, -0.05) is 20.8 Å². The maximum Gasteiger partial charge on any atom is 1.00 e. The van der Waals surface area contributed by atoms with Crippen LogP contribution in [0, 0.1) is 12.3 Å². The van der Waals surface area contributed by atoms with Crippen molar-refractivity contribution in [2.24, 2.45) is 15.5 Å². The van der Waals surface area contributed by atoms with Gasteiger partial charge in [-0.25, -0.2) is 26.8 Å². The summed E-state index contributed by atoms with van der Waals surface area (Å²) in [7, 11) is -10.4. The Morgan fingerprint density at radius 2 is 1.48 bits per heavy atom. The van der Waals surface area contributed by atoms with Crippen LogP contribution in [-0.4, -0.2) is 94.7 Å². The van der Waals surface area contributed by atoms with E-state index in [-0.39, 0.29) is 78.0 Å². The number of nitrogens with zero attached hydrogens (tertiary/aromatic N) is 6. The zero-order chi connectivity index (χ0) is 36.6. The van der Waals surface area contributed by atoms with E-state index in [2.05, 4.69) is 15.5 Å². The fraction of sp³-hybridized carbons (Fsp3) is 0.281. The summed E-state index contributed by atoms with van der Waals surface area (Å²) in [5.74, 6) is -0.253. The molecule has 1 aliphatic rings. The third kappa shape index (κ3) is 10.0. The van der Waals surface area contributed by atoms with Crippen molar-refractivity contribution >= 4 is 54.6 Å². The predicted molar refractivity (Wildman–Crippen MR) is 182 cm³/mol. The van der Waals surface area contributed by atoms with Gasteiger partial charge in [-0.05, 0) is 73.2 Å². The van der Waals surface area contributed by atoms with Crippen LogP contribution in [0.15, 0.2) is 80.5 Å². The Morgan fingerprint density at radius 1 is 0.904 bits per heavy atom. The molecule has 0 fully saturated rings. The molecule has 52 heavy (non-hydrogen) atoms. The molecule has 0 radical (unpaired) electrons. The van der Waals surface area contributed by atoms with E-state index in [9.17, 15) is 40.9 Å². The van der Waals surface area contributed by atoms with E-state index in [0.29, 0.717) is 65.6 Å². The first-order valence-electron chi connectivity index (χ1n) is 15.1. The fourth-order valence-electron chi connectivity index (χ4n) is 5.09. The van der Waals surface area contributed by atoms with Crippen molar-refractivity contribution < 1.29 is 100 Å². The number of nitrogens with one attached hydrogen (secondary N) is 1. The van der Waals surface area contributed by atoms with Crippen LogP contribution in [0.5, 0.6) is 0 Å². The second kappa shape index (κ2) is 17.1. The first kappa shape index (κ1) is 43.6. The summed E-state index contributed by atoms with van der Waals surface area (Å²) in [4.78, 5) is 23.7. The van der Waals surface area contributed by atoms with Crippen molar-refractivity contribution in [1.82, 2.24) is 14.9 Å². The molecule has 0 bridgehead atoms. The van der Waals surface area contributed by atoms with E-state index in [1.807, 2.05) is 50.8 Å². The summed E-state index contributed by atoms with van der Waals surface area (Å²) < 4.78 is 69.1. The monoisotopic (exact) mass is 769 g/mol. The number of fused-ring (bicyclic) bond motifs is 1. The number of hydrogen-bond acceptors (Lipinski definition) is 14. The van der Waals surface area contributed by atoms with Crippen molar-refractivity contribution in [3.8, 4) is 11.4 Å². The molecule has 0 aliphatic carbocycles. The Morgan fingerprint density at radius 3 is 1.98 bits per heavy atom. The maximum absolute atomic E-state index is 12.9. The second-order valence-corrected chi connectivity index (χ2v) is 15.1. The van der Waals surface area contributed by atoms with Gasteiger partial charge in [0.2, 0.25) is 5.82 Å². The van der Waals surface area contributed by atoms with Crippen LogP contribution in [0.2, 0.25) is 0 Å². The van der Waals surface area contributed by atoms with E-state index >= 15 is 0 Å². The number of rotatable bonds is 11. The molecule has 1 aromatic heterocycles. The fourth-order valence-corrected chi connectivity index (χ4v) is 6.25. The minimum Gasteiger partial charge on any atom is -0.744 e. The van der Waals surface area contributed by atoms with Crippen LogP contribution in [0.3, 0.4) is 0 Å². The molecular formula is C32H33N7Na2O9S2. The number of anilines is 2. The van der Waals surface area contributed by atoms with Gasteiger partial charge in [0.1, 0.15) is 25.9 Å². The molecule has 264 valence electrons. The van der Waals surface area contributed by atoms with Gasteiger partial charge < -0.3 is 29.5 Å². The number of carbonyl (C=O) groups is 1. The molecular weight excluding hydrogens is 737 g/mol. The van der Waals surface area contributed by atoms with E-state index in [1.165, 1.54) is 16.9 Å². The van der Waals surface area contributed by atoms with Gasteiger partial charge >= 0.3 is 59.1 Å². The average molecular weight is 770 g/mol. The zero-order valence-corrected chi connectivity index (χ0v) is 35.0. The molecule has 16 nitrogen and oxygen atoms in total. The van der Waals surface area contributed by atoms with E-state index in [1.54, 1.807) is 12.1 Å². The number of hydrogen-bond donors (Lipinski definition) is 3. The largest absolute Gasteiger partial charge is 1.00 e. The molecule has 0 atom stereocenters. The minimum atomic E-state index is -5.18. The minimum absolute atomic E-state index is 0. The molecule has 0 saturated heterocycles. The van der Waals surface area contributed by atoms with Crippen LogP contribution in [0.1, 0.15) is 42.5 Å². The van der Waals surface area contributed by atoms with E-state index in [4.69, 9.17) is 9.98 Å². The normalized spacial score (nSPS) is 13.5. The van der Waals surface area contributed by atoms with Crippen LogP contribution in [0.25, 0.3) is 11.4 Å². The van der Waals surface area contributed by atoms with Gasteiger partial charge in [0.25, 0.3) is 5.91 Å². The van der Waals surface area contributed by atoms with Crippen LogP contribution >= 0.6 is 0 Å². The van der Waals surface area contributed by atoms with E-state index in [0.717, 1.165) is 11.3 Å². The topological polar surface area (TPSA) is 243 Å². The number of aliphatic imine (C=N–C) groups is 1. The summed E-state index contributed by atoms with van der Waals surface area (Å²) in [6.07, 6.45) is 0. The van der Waals surface area contributed by atoms with Crippen molar-refractivity contribution in [3.05, 3.63) is 77.6 Å². The maximum atomic E-state index is 12.9. The number of aromatic nitrogens is 3. The summed E-state index contributed by atoms with van der Waals surface area (Å²) in [6.45, 7) is 8.51. The molecule has 3 aromatic carbocycles. The number of carbonyl (C=O) groups excluding carboxylic acids is 1.